The maximum atomic E-state index is 6.27. The van der Waals surface area contributed by atoms with Crippen LogP contribution in [0.3, 0.4) is 0 Å². The lowest BCUT2D eigenvalue weighted by Crippen LogP contribution is -2.33. The van der Waals surface area contributed by atoms with E-state index in [-0.39, 0.29) is 5.54 Å². The van der Waals surface area contributed by atoms with Crippen molar-refractivity contribution in [2.75, 3.05) is 0 Å². The van der Waals surface area contributed by atoms with Gasteiger partial charge in [-0.25, -0.2) is 0 Å². The van der Waals surface area contributed by atoms with Gasteiger partial charge in [-0.3, -0.25) is 0 Å². The zero-order valence-electron chi connectivity index (χ0n) is 10.6. The molecule has 96 valence electrons. The molecule has 4 nitrogen and oxygen atoms in total. The van der Waals surface area contributed by atoms with Crippen LogP contribution in [0.2, 0.25) is 0 Å². The van der Waals surface area contributed by atoms with E-state index < -0.39 is 0 Å². The first kappa shape index (κ1) is 12.9. The average Bonchev–Trinajstić information content (AvgIpc) is 2.95. The minimum Gasteiger partial charge on any atom is -0.337 e. The van der Waals surface area contributed by atoms with Crippen LogP contribution >= 0.6 is 11.8 Å². The Labute approximate surface area is 107 Å². The van der Waals surface area contributed by atoms with E-state index in [0.29, 0.717) is 11.1 Å². The molecule has 1 fully saturated rings. The standard InChI is InChI=1S/C12H21N3OS/c1-3-9(2)17-8-10-14-11(16-15-10)12(13)6-4-5-7-12/h9H,3-8,13H2,1-2H3. The average molecular weight is 255 g/mol. The normalized spacial score (nSPS) is 20.6. The number of nitrogens with two attached hydrogens (primary N) is 1. The van der Waals surface area contributed by atoms with E-state index in [2.05, 4.69) is 24.0 Å². The van der Waals surface area contributed by atoms with Crippen molar-refractivity contribution < 1.29 is 4.52 Å². The highest BCUT2D eigenvalue weighted by molar-refractivity contribution is 7.99. The van der Waals surface area contributed by atoms with Gasteiger partial charge in [0.05, 0.1) is 11.3 Å². The van der Waals surface area contributed by atoms with Gasteiger partial charge >= 0.3 is 0 Å². The molecule has 0 spiro atoms. The van der Waals surface area contributed by atoms with Crippen LogP contribution in [0.25, 0.3) is 0 Å². The van der Waals surface area contributed by atoms with Gasteiger partial charge in [-0.15, -0.1) is 0 Å². The monoisotopic (exact) mass is 255 g/mol. The molecule has 1 aromatic rings. The number of thioether (sulfide) groups is 1. The highest BCUT2D eigenvalue weighted by atomic mass is 32.2. The van der Waals surface area contributed by atoms with Crippen LogP contribution in [-0.4, -0.2) is 15.4 Å². The van der Waals surface area contributed by atoms with Crippen LogP contribution in [0.4, 0.5) is 0 Å². The topological polar surface area (TPSA) is 64.9 Å². The number of rotatable bonds is 5. The van der Waals surface area contributed by atoms with Gasteiger partial charge in [0.25, 0.3) is 0 Å². The smallest absolute Gasteiger partial charge is 0.246 e. The van der Waals surface area contributed by atoms with Crippen LogP contribution in [0, 0.1) is 0 Å². The van der Waals surface area contributed by atoms with Crippen LogP contribution in [0.15, 0.2) is 4.52 Å². The molecule has 1 unspecified atom stereocenters. The summed E-state index contributed by atoms with van der Waals surface area (Å²) in [6.45, 7) is 4.40. The highest BCUT2D eigenvalue weighted by Gasteiger charge is 2.36. The molecular weight excluding hydrogens is 234 g/mol. The third kappa shape index (κ3) is 3.01. The van der Waals surface area contributed by atoms with Crippen molar-refractivity contribution in [2.24, 2.45) is 5.73 Å². The Morgan fingerprint density at radius 2 is 2.18 bits per heavy atom. The molecule has 0 aromatic carbocycles. The second-order valence-corrected chi connectivity index (χ2v) is 6.34. The molecule has 1 aromatic heterocycles. The molecule has 0 bridgehead atoms. The predicted molar refractivity (Wildman–Crippen MR) is 69.7 cm³/mol. The minimum atomic E-state index is -0.355. The van der Waals surface area contributed by atoms with Crippen LogP contribution in [-0.2, 0) is 11.3 Å². The van der Waals surface area contributed by atoms with Gasteiger partial charge in [0.15, 0.2) is 5.82 Å². The van der Waals surface area contributed by atoms with Gasteiger partial charge in [-0.2, -0.15) is 16.7 Å². The van der Waals surface area contributed by atoms with Crippen molar-refractivity contribution in [3.8, 4) is 0 Å². The Hall–Kier alpha value is -0.550. The Morgan fingerprint density at radius 1 is 1.47 bits per heavy atom. The van der Waals surface area contributed by atoms with Crippen LogP contribution in [0.5, 0.6) is 0 Å². The van der Waals surface area contributed by atoms with Gasteiger partial charge in [0, 0.05) is 5.25 Å². The van der Waals surface area contributed by atoms with Crippen molar-refractivity contribution in [2.45, 2.75) is 62.5 Å². The lowest BCUT2D eigenvalue weighted by Gasteiger charge is -2.17. The summed E-state index contributed by atoms with van der Waals surface area (Å²) in [5.74, 6) is 2.23. The minimum absolute atomic E-state index is 0.355. The van der Waals surface area contributed by atoms with Gasteiger partial charge in [0.1, 0.15) is 0 Å². The third-order valence-corrected chi connectivity index (χ3v) is 4.79. The molecule has 1 saturated carbocycles. The van der Waals surface area contributed by atoms with E-state index in [4.69, 9.17) is 10.3 Å². The van der Waals surface area contributed by atoms with E-state index in [9.17, 15) is 0 Å². The Bertz CT molecular complexity index is 360. The molecule has 2 N–H and O–H groups in total. The second kappa shape index (κ2) is 5.40. The summed E-state index contributed by atoms with van der Waals surface area (Å²) in [7, 11) is 0. The van der Waals surface area contributed by atoms with Crippen LogP contribution < -0.4 is 5.73 Å². The Kier molecular flexibility index (Phi) is 4.09. The third-order valence-electron chi connectivity index (χ3n) is 3.46. The van der Waals surface area contributed by atoms with Crippen molar-refractivity contribution in [1.29, 1.82) is 0 Å². The summed E-state index contributed by atoms with van der Waals surface area (Å²) in [5, 5.41) is 4.66. The molecule has 0 aliphatic heterocycles. The number of hydrogen-bond acceptors (Lipinski definition) is 5. The molecule has 5 heteroatoms. The van der Waals surface area contributed by atoms with E-state index >= 15 is 0 Å². The Balaban J connectivity index is 1.96. The van der Waals surface area contributed by atoms with Gasteiger partial charge in [0.2, 0.25) is 5.89 Å². The maximum Gasteiger partial charge on any atom is 0.246 e. The Morgan fingerprint density at radius 3 is 2.82 bits per heavy atom. The zero-order valence-corrected chi connectivity index (χ0v) is 11.4. The van der Waals surface area contributed by atoms with E-state index in [1.807, 2.05) is 11.8 Å². The summed E-state index contributed by atoms with van der Waals surface area (Å²) in [5.41, 5.74) is 5.92. The molecule has 1 atom stereocenters. The van der Waals surface area contributed by atoms with Gasteiger partial charge in [-0.1, -0.05) is 31.8 Å². The molecule has 1 aliphatic rings. The van der Waals surface area contributed by atoms with Crippen molar-refractivity contribution in [3.05, 3.63) is 11.7 Å². The molecular formula is C12H21N3OS. The molecule has 17 heavy (non-hydrogen) atoms. The fourth-order valence-electron chi connectivity index (χ4n) is 2.07. The highest BCUT2D eigenvalue weighted by Crippen LogP contribution is 2.35. The number of nitrogens with zero attached hydrogens (tertiary/aromatic N) is 2. The maximum absolute atomic E-state index is 6.27. The molecule has 1 heterocycles. The van der Waals surface area contributed by atoms with E-state index in [1.165, 1.54) is 0 Å². The quantitative estimate of drug-likeness (QED) is 0.876. The van der Waals surface area contributed by atoms with Crippen molar-refractivity contribution in [1.82, 2.24) is 10.1 Å². The summed E-state index contributed by atoms with van der Waals surface area (Å²) in [6, 6.07) is 0. The summed E-state index contributed by atoms with van der Waals surface area (Å²) in [4.78, 5) is 4.45. The number of aromatic nitrogens is 2. The fraction of sp³-hybridized carbons (Fsp3) is 0.833. The summed E-state index contributed by atoms with van der Waals surface area (Å²) >= 11 is 1.86. The lowest BCUT2D eigenvalue weighted by molar-refractivity contribution is 0.284. The fourth-order valence-corrected chi connectivity index (χ4v) is 2.86. The molecule has 2 rings (SSSR count). The SMILES string of the molecule is CCC(C)SCc1noc(C2(N)CCCC2)n1. The van der Waals surface area contributed by atoms with Crippen molar-refractivity contribution >= 4 is 11.8 Å². The van der Waals surface area contributed by atoms with Gasteiger partial charge in [-0.05, 0) is 19.3 Å². The van der Waals surface area contributed by atoms with Gasteiger partial charge < -0.3 is 10.3 Å². The van der Waals surface area contributed by atoms with E-state index in [1.54, 1.807) is 0 Å². The van der Waals surface area contributed by atoms with Crippen LogP contribution in [0.1, 0.15) is 57.7 Å². The molecule has 1 aliphatic carbocycles. The predicted octanol–water partition coefficient (Wildman–Crippen LogP) is 2.83. The van der Waals surface area contributed by atoms with Crippen molar-refractivity contribution in [3.63, 3.8) is 0 Å². The lowest BCUT2D eigenvalue weighted by atomic mass is 10.00. The number of hydrogen-bond donors (Lipinski definition) is 1. The summed E-state index contributed by atoms with van der Waals surface area (Å²) in [6.07, 6.45) is 5.42. The first-order valence-electron chi connectivity index (χ1n) is 6.37. The molecule has 0 saturated heterocycles. The second-order valence-electron chi connectivity index (χ2n) is 4.91. The first-order valence-corrected chi connectivity index (χ1v) is 7.42. The largest absolute Gasteiger partial charge is 0.337 e. The molecule has 0 radical (unpaired) electrons. The zero-order chi connectivity index (χ0) is 12.3. The summed E-state index contributed by atoms with van der Waals surface area (Å²) < 4.78 is 5.32. The molecule has 0 amide bonds. The first-order chi connectivity index (χ1) is 8.14. The van der Waals surface area contributed by atoms with E-state index in [0.717, 1.165) is 43.7 Å².